The minimum absolute atomic E-state index is 0.327. The molecule has 0 saturated heterocycles. The molecule has 2 aromatic rings. The molecule has 0 aliphatic rings. The van der Waals surface area contributed by atoms with E-state index in [9.17, 15) is 9.50 Å². The van der Waals surface area contributed by atoms with E-state index >= 15 is 0 Å². The van der Waals surface area contributed by atoms with Crippen molar-refractivity contribution in [1.82, 2.24) is 0 Å². The fraction of sp³-hybridized carbons (Fsp3) is 0.286. The van der Waals surface area contributed by atoms with Gasteiger partial charge in [0.1, 0.15) is 5.82 Å². The Labute approximate surface area is 124 Å². The Morgan fingerprint density at radius 2 is 2.16 bits per heavy atom. The molecule has 2 nitrogen and oxygen atoms in total. The van der Waals surface area contributed by atoms with Crippen LogP contribution in [-0.4, -0.2) is 12.2 Å². The summed E-state index contributed by atoms with van der Waals surface area (Å²) in [7, 11) is 1.94. The maximum atomic E-state index is 13.3. The summed E-state index contributed by atoms with van der Waals surface area (Å²) < 4.78 is 14.4. The highest BCUT2D eigenvalue weighted by molar-refractivity contribution is 9.11. The summed E-state index contributed by atoms with van der Waals surface area (Å²) in [6, 6.07) is 6.58. The number of anilines is 1. The summed E-state index contributed by atoms with van der Waals surface area (Å²) >= 11 is 5.07. The number of rotatable bonds is 4. The third-order valence-electron chi connectivity index (χ3n) is 2.89. The fourth-order valence-electron chi connectivity index (χ4n) is 2.00. The lowest BCUT2D eigenvalue weighted by Crippen LogP contribution is -2.18. The number of halogens is 2. The van der Waals surface area contributed by atoms with Gasteiger partial charge >= 0.3 is 0 Å². The topological polar surface area (TPSA) is 23.5 Å². The number of nitrogens with zero attached hydrogens (tertiary/aromatic N) is 1. The normalized spacial score (nSPS) is 12.5. The molecule has 2 rings (SSSR count). The summed E-state index contributed by atoms with van der Waals surface area (Å²) in [6.45, 7) is 2.36. The Morgan fingerprint density at radius 3 is 2.74 bits per heavy atom. The number of aliphatic hydroxyl groups excluding tert-OH is 1. The van der Waals surface area contributed by atoms with Crippen molar-refractivity contribution in [2.45, 2.75) is 19.6 Å². The van der Waals surface area contributed by atoms with Gasteiger partial charge < -0.3 is 10.0 Å². The zero-order chi connectivity index (χ0) is 14.0. The number of hydrogen-bond acceptors (Lipinski definition) is 3. The van der Waals surface area contributed by atoms with Crippen LogP contribution >= 0.6 is 27.3 Å². The van der Waals surface area contributed by atoms with Gasteiger partial charge in [-0.25, -0.2) is 4.39 Å². The highest BCUT2D eigenvalue weighted by Gasteiger charge is 2.13. The zero-order valence-corrected chi connectivity index (χ0v) is 13.1. The van der Waals surface area contributed by atoms with E-state index in [-0.39, 0.29) is 5.82 Å². The molecule has 0 unspecified atom stereocenters. The molecule has 5 heteroatoms. The molecule has 1 atom stereocenters. The molecule has 0 amide bonds. The number of benzene rings is 1. The van der Waals surface area contributed by atoms with Crippen LogP contribution in [0.4, 0.5) is 10.1 Å². The highest BCUT2D eigenvalue weighted by Crippen LogP contribution is 2.29. The minimum atomic E-state index is -0.692. The maximum absolute atomic E-state index is 13.3. The van der Waals surface area contributed by atoms with Crippen LogP contribution in [0.2, 0.25) is 0 Å². The molecule has 0 saturated carbocycles. The molecule has 102 valence electrons. The molecular formula is C14H15BrFNOS. The smallest absolute Gasteiger partial charge is 0.123 e. The number of thiophene rings is 1. The van der Waals surface area contributed by atoms with E-state index in [0.717, 1.165) is 9.47 Å². The molecule has 0 bridgehead atoms. The monoisotopic (exact) mass is 343 g/mol. The van der Waals surface area contributed by atoms with Crippen molar-refractivity contribution < 1.29 is 9.50 Å². The molecule has 1 aromatic carbocycles. The lowest BCUT2D eigenvalue weighted by molar-refractivity contribution is 0.199. The van der Waals surface area contributed by atoms with Gasteiger partial charge in [0.25, 0.3) is 0 Å². The van der Waals surface area contributed by atoms with Gasteiger partial charge in [-0.2, -0.15) is 0 Å². The molecule has 0 radical (unpaired) electrons. The highest BCUT2D eigenvalue weighted by atomic mass is 79.9. The van der Waals surface area contributed by atoms with Gasteiger partial charge in [0.05, 0.1) is 9.89 Å². The molecule has 0 aliphatic heterocycles. The van der Waals surface area contributed by atoms with E-state index < -0.39 is 6.10 Å². The van der Waals surface area contributed by atoms with Crippen molar-refractivity contribution in [3.63, 3.8) is 0 Å². The lowest BCUT2D eigenvalue weighted by Gasteiger charge is -2.23. The van der Waals surface area contributed by atoms with Gasteiger partial charge in [0, 0.05) is 24.8 Å². The van der Waals surface area contributed by atoms with Gasteiger partial charge in [-0.05, 0) is 58.1 Å². The second-order valence-electron chi connectivity index (χ2n) is 4.49. The van der Waals surface area contributed by atoms with Gasteiger partial charge in [-0.15, -0.1) is 11.3 Å². The summed E-state index contributed by atoms with van der Waals surface area (Å²) in [4.78, 5) is 2.01. The first-order valence-electron chi connectivity index (χ1n) is 5.89. The van der Waals surface area contributed by atoms with Crippen LogP contribution in [0, 0.1) is 5.82 Å². The Balaban J connectivity index is 2.25. The first-order valence-corrected chi connectivity index (χ1v) is 7.56. The first kappa shape index (κ1) is 14.5. The number of aliphatic hydroxyl groups is 1. The van der Waals surface area contributed by atoms with E-state index in [1.165, 1.54) is 17.7 Å². The Kier molecular flexibility index (Phi) is 4.60. The summed E-state index contributed by atoms with van der Waals surface area (Å²) in [5.41, 5.74) is 2.63. The molecule has 0 aliphatic carbocycles. The quantitative estimate of drug-likeness (QED) is 0.892. The van der Waals surface area contributed by atoms with E-state index in [1.807, 2.05) is 11.9 Å². The molecule has 19 heavy (non-hydrogen) atoms. The second-order valence-corrected chi connectivity index (χ2v) is 6.78. The molecule has 0 fully saturated rings. The zero-order valence-electron chi connectivity index (χ0n) is 10.7. The molecule has 0 spiro atoms. The van der Waals surface area contributed by atoms with Crippen molar-refractivity contribution >= 4 is 33.0 Å². The van der Waals surface area contributed by atoms with Gasteiger partial charge in [-0.3, -0.25) is 0 Å². The van der Waals surface area contributed by atoms with Crippen LogP contribution in [0.3, 0.4) is 0 Å². The first-order chi connectivity index (χ1) is 8.97. The largest absolute Gasteiger partial charge is 0.389 e. The van der Waals surface area contributed by atoms with Crippen molar-refractivity contribution in [1.29, 1.82) is 0 Å². The van der Waals surface area contributed by atoms with Crippen LogP contribution in [0.25, 0.3) is 0 Å². The van der Waals surface area contributed by atoms with Crippen molar-refractivity contribution in [2.75, 3.05) is 11.9 Å². The fourth-order valence-corrected chi connectivity index (χ4v) is 3.20. The Morgan fingerprint density at radius 1 is 1.42 bits per heavy atom. The van der Waals surface area contributed by atoms with E-state index in [0.29, 0.717) is 12.1 Å². The Hall–Kier alpha value is -0.910. The molecule has 1 heterocycles. The summed E-state index contributed by atoms with van der Waals surface area (Å²) in [5.74, 6) is -0.327. The van der Waals surface area contributed by atoms with E-state index in [2.05, 4.69) is 27.4 Å². The predicted octanol–water partition coefficient (Wildman–Crippen LogP) is 4.34. The van der Waals surface area contributed by atoms with Crippen LogP contribution < -0.4 is 4.90 Å². The SMILES string of the molecule is C[C@H](O)c1cc(F)ccc1N(C)Cc1csc(Br)c1. The average molecular weight is 344 g/mol. The summed E-state index contributed by atoms with van der Waals surface area (Å²) in [5, 5.41) is 11.8. The second kappa shape index (κ2) is 6.03. The van der Waals surface area contributed by atoms with Gasteiger partial charge in [0.15, 0.2) is 0 Å². The van der Waals surface area contributed by atoms with Crippen LogP contribution in [0.1, 0.15) is 24.2 Å². The van der Waals surface area contributed by atoms with Crippen molar-refractivity contribution in [2.24, 2.45) is 0 Å². The van der Waals surface area contributed by atoms with Gasteiger partial charge in [-0.1, -0.05) is 0 Å². The Bertz CT molecular complexity index is 570. The third-order valence-corrected chi connectivity index (χ3v) is 4.45. The third kappa shape index (κ3) is 3.55. The molecule has 1 N–H and O–H groups in total. The predicted molar refractivity (Wildman–Crippen MR) is 81.2 cm³/mol. The van der Waals surface area contributed by atoms with Crippen molar-refractivity contribution in [3.8, 4) is 0 Å². The minimum Gasteiger partial charge on any atom is -0.389 e. The van der Waals surface area contributed by atoms with Gasteiger partial charge in [0.2, 0.25) is 0 Å². The van der Waals surface area contributed by atoms with Crippen molar-refractivity contribution in [3.05, 3.63) is 50.4 Å². The average Bonchev–Trinajstić information content (AvgIpc) is 2.74. The van der Waals surface area contributed by atoms with E-state index in [1.54, 1.807) is 24.3 Å². The molecule has 1 aromatic heterocycles. The van der Waals surface area contributed by atoms with Crippen LogP contribution in [0.15, 0.2) is 33.4 Å². The van der Waals surface area contributed by atoms with Crippen LogP contribution in [-0.2, 0) is 6.54 Å². The molecular weight excluding hydrogens is 329 g/mol. The maximum Gasteiger partial charge on any atom is 0.123 e. The summed E-state index contributed by atoms with van der Waals surface area (Å²) in [6.07, 6.45) is -0.692. The number of hydrogen-bond donors (Lipinski definition) is 1. The van der Waals surface area contributed by atoms with Crippen LogP contribution in [0.5, 0.6) is 0 Å². The lowest BCUT2D eigenvalue weighted by atomic mass is 10.1. The standard InChI is InChI=1S/C14H15BrFNOS/c1-9(18)12-6-11(16)3-4-13(12)17(2)7-10-5-14(15)19-8-10/h3-6,8-9,18H,7H2,1-2H3/t9-/m0/s1. The van der Waals surface area contributed by atoms with E-state index in [4.69, 9.17) is 0 Å².